The number of nitrogens with one attached hydrogen (secondary N) is 1. The summed E-state index contributed by atoms with van der Waals surface area (Å²) >= 11 is 1.36. The molecule has 1 unspecified atom stereocenters. The molecule has 2 atom stereocenters. The number of hydrogen-bond acceptors (Lipinski definition) is 6. The average molecular weight is 399 g/mol. The summed E-state index contributed by atoms with van der Waals surface area (Å²) in [6.07, 6.45) is 9.38. The first-order valence-corrected chi connectivity index (χ1v) is 10.2. The van der Waals surface area contributed by atoms with Gasteiger partial charge in [0, 0.05) is 23.4 Å². The van der Waals surface area contributed by atoms with E-state index in [0.717, 1.165) is 35.2 Å². The van der Waals surface area contributed by atoms with Crippen LogP contribution in [0.2, 0.25) is 0 Å². The number of nitrogens with two attached hydrogens (primary N) is 2. The maximum absolute atomic E-state index is 11.4. The van der Waals surface area contributed by atoms with Crippen LogP contribution in [-0.2, 0) is 17.6 Å². The molecule has 0 saturated carbocycles. The molecule has 0 radical (unpaired) electrons. The molecule has 28 heavy (non-hydrogen) atoms. The van der Waals surface area contributed by atoms with Crippen molar-refractivity contribution in [3.05, 3.63) is 59.0 Å². The second kappa shape index (κ2) is 8.68. The maximum Gasteiger partial charge on any atom is 0.221 e. The van der Waals surface area contributed by atoms with Crippen LogP contribution in [0.15, 0.2) is 47.9 Å². The third-order valence-corrected chi connectivity index (χ3v) is 5.64. The molecular formula is C21H26N4O2S. The lowest BCUT2D eigenvalue weighted by Crippen LogP contribution is -2.50. The number of nitrogens with zero attached hydrogens (tertiary/aromatic N) is 1. The van der Waals surface area contributed by atoms with E-state index in [2.05, 4.69) is 17.2 Å². The van der Waals surface area contributed by atoms with Crippen molar-refractivity contribution in [2.45, 2.75) is 31.9 Å². The topological polar surface area (TPSA) is 114 Å². The lowest BCUT2D eigenvalue weighted by molar-refractivity contribution is -0.117. The van der Waals surface area contributed by atoms with Crippen LogP contribution >= 0.6 is 11.3 Å². The number of rotatable bonds is 8. The van der Waals surface area contributed by atoms with E-state index in [1.54, 1.807) is 6.08 Å². The van der Waals surface area contributed by atoms with Crippen molar-refractivity contribution in [1.82, 2.24) is 10.3 Å². The number of thiazole rings is 1. The van der Waals surface area contributed by atoms with Crippen molar-refractivity contribution in [3.63, 3.8) is 0 Å². The van der Waals surface area contributed by atoms with E-state index in [9.17, 15) is 9.90 Å². The summed E-state index contributed by atoms with van der Waals surface area (Å²) in [5.74, 6) is -0.340. The fourth-order valence-corrected chi connectivity index (χ4v) is 4.05. The summed E-state index contributed by atoms with van der Waals surface area (Å²) in [6.45, 7) is 2.67. The molecule has 1 aromatic heterocycles. The predicted octanol–water partition coefficient (Wildman–Crippen LogP) is 2.39. The number of allylic oxidation sites excluding steroid dienone is 2. The number of aromatic nitrogens is 1. The standard InChI is InChI=1S/C21H26N4O2S/c1-2-16-5-3-4-9-21(16,27)24-10-8-14-6-7-15(12-19(22)26)17(11-14)18-13-28-20(23)25-18/h3-7,9,11,13,16,24,27H,2,8,10,12H2,1H3,(H2,22,26)(H2,23,25)/t16-,21?/m1/s1. The number of amides is 1. The second-order valence-corrected chi connectivity index (χ2v) is 7.86. The van der Waals surface area contributed by atoms with Crippen molar-refractivity contribution < 1.29 is 9.90 Å². The molecule has 6 nitrogen and oxygen atoms in total. The molecule has 3 rings (SSSR count). The van der Waals surface area contributed by atoms with Gasteiger partial charge in [0.15, 0.2) is 5.13 Å². The largest absolute Gasteiger partial charge is 0.375 e. The Morgan fingerprint density at radius 1 is 1.39 bits per heavy atom. The van der Waals surface area contributed by atoms with Gasteiger partial charge in [0.25, 0.3) is 0 Å². The molecule has 1 aliphatic rings. The van der Waals surface area contributed by atoms with Gasteiger partial charge in [0.1, 0.15) is 5.72 Å². The van der Waals surface area contributed by atoms with Gasteiger partial charge in [-0.05, 0) is 36.1 Å². The zero-order valence-electron chi connectivity index (χ0n) is 15.9. The number of nitrogen functional groups attached to an aromatic ring is 1. The first-order chi connectivity index (χ1) is 13.4. The fourth-order valence-electron chi connectivity index (χ4n) is 3.49. The van der Waals surface area contributed by atoms with E-state index in [4.69, 9.17) is 11.5 Å². The molecule has 6 N–H and O–H groups in total. The number of primary amides is 1. The van der Waals surface area contributed by atoms with Crippen molar-refractivity contribution in [2.24, 2.45) is 11.7 Å². The highest BCUT2D eigenvalue weighted by molar-refractivity contribution is 7.13. The molecule has 0 fully saturated rings. The Labute approximate surface area is 169 Å². The summed E-state index contributed by atoms with van der Waals surface area (Å²) in [5.41, 5.74) is 13.7. The predicted molar refractivity (Wildman–Crippen MR) is 114 cm³/mol. The average Bonchev–Trinajstić information content (AvgIpc) is 3.09. The van der Waals surface area contributed by atoms with Crippen LogP contribution in [0, 0.1) is 5.92 Å². The molecule has 7 heteroatoms. The van der Waals surface area contributed by atoms with Crippen LogP contribution in [0.5, 0.6) is 0 Å². The van der Waals surface area contributed by atoms with Gasteiger partial charge in [-0.2, -0.15) is 0 Å². The number of carbonyl (C=O) groups excluding carboxylic acids is 1. The van der Waals surface area contributed by atoms with E-state index in [1.165, 1.54) is 11.3 Å². The molecule has 1 aromatic carbocycles. The third kappa shape index (κ3) is 4.67. The Balaban J connectivity index is 1.75. The Morgan fingerprint density at radius 2 is 2.21 bits per heavy atom. The summed E-state index contributed by atoms with van der Waals surface area (Å²) in [5, 5.41) is 16.5. The van der Waals surface area contributed by atoms with Gasteiger partial charge in [-0.15, -0.1) is 11.3 Å². The van der Waals surface area contributed by atoms with Crippen molar-refractivity contribution in [2.75, 3.05) is 12.3 Å². The number of benzene rings is 1. The lowest BCUT2D eigenvalue weighted by Gasteiger charge is -2.34. The molecular weight excluding hydrogens is 372 g/mol. The highest BCUT2D eigenvalue weighted by Crippen LogP contribution is 2.29. The van der Waals surface area contributed by atoms with Gasteiger partial charge in [-0.25, -0.2) is 4.98 Å². The van der Waals surface area contributed by atoms with Gasteiger partial charge in [-0.3, -0.25) is 10.1 Å². The summed E-state index contributed by atoms with van der Waals surface area (Å²) in [4.78, 5) is 15.8. The van der Waals surface area contributed by atoms with Crippen LogP contribution in [0.25, 0.3) is 11.3 Å². The highest BCUT2D eigenvalue weighted by Gasteiger charge is 2.31. The second-order valence-electron chi connectivity index (χ2n) is 6.97. The zero-order chi connectivity index (χ0) is 20.1. The molecule has 0 aliphatic heterocycles. The molecule has 148 valence electrons. The monoisotopic (exact) mass is 398 g/mol. The quantitative estimate of drug-likeness (QED) is 0.510. The third-order valence-electron chi connectivity index (χ3n) is 4.97. The van der Waals surface area contributed by atoms with Crippen LogP contribution in [0.4, 0.5) is 5.13 Å². The van der Waals surface area contributed by atoms with Crippen LogP contribution in [0.1, 0.15) is 24.5 Å². The first-order valence-electron chi connectivity index (χ1n) is 9.36. The minimum atomic E-state index is -1.03. The van der Waals surface area contributed by atoms with E-state index < -0.39 is 5.72 Å². The van der Waals surface area contributed by atoms with Crippen molar-refractivity contribution in [3.8, 4) is 11.3 Å². The Bertz CT molecular complexity index is 906. The van der Waals surface area contributed by atoms with Crippen LogP contribution in [0.3, 0.4) is 0 Å². The van der Waals surface area contributed by atoms with Crippen molar-refractivity contribution in [1.29, 1.82) is 0 Å². The summed E-state index contributed by atoms with van der Waals surface area (Å²) in [6, 6.07) is 5.92. The Hall–Kier alpha value is -2.48. The number of anilines is 1. The number of carbonyl (C=O) groups is 1. The fraction of sp³-hybridized carbons (Fsp3) is 0.333. The number of aliphatic hydroxyl groups is 1. The SMILES string of the molecule is CC[C@@H]1C=CC=CC1(O)NCCc1ccc(CC(N)=O)c(-c2csc(N)n2)c1. The van der Waals surface area contributed by atoms with E-state index in [0.29, 0.717) is 11.7 Å². The van der Waals surface area contributed by atoms with Crippen LogP contribution < -0.4 is 16.8 Å². The molecule has 1 heterocycles. The Kier molecular flexibility index (Phi) is 6.28. The number of hydrogen-bond donors (Lipinski definition) is 4. The van der Waals surface area contributed by atoms with Crippen LogP contribution in [-0.4, -0.2) is 28.3 Å². The zero-order valence-corrected chi connectivity index (χ0v) is 16.7. The normalized spacial score (nSPS) is 21.1. The lowest BCUT2D eigenvalue weighted by atomic mass is 9.88. The molecule has 2 aromatic rings. The van der Waals surface area contributed by atoms with Gasteiger partial charge in [-0.1, -0.05) is 37.3 Å². The molecule has 1 amide bonds. The van der Waals surface area contributed by atoms with E-state index in [-0.39, 0.29) is 18.2 Å². The van der Waals surface area contributed by atoms with Gasteiger partial charge in [0.2, 0.25) is 5.91 Å². The summed E-state index contributed by atoms with van der Waals surface area (Å²) < 4.78 is 0. The van der Waals surface area contributed by atoms with Crippen molar-refractivity contribution >= 4 is 22.4 Å². The minimum Gasteiger partial charge on any atom is -0.375 e. The van der Waals surface area contributed by atoms with E-state index >= 15 is 0 Å². The van der Waals surface area contributed by atoms with Gasteiger partial charge in [0.05, 0.1) is 12.1 Å². The summed E-state index contributed by atoms with van der Waals surface area (Å²) in [7, 11) is 0. The van der Waals surface area contributed by atoms with E-state index in [1.807, 2.05) is 41.8 Å². The van der Waals surface area contributed by atoms with Gasteiger partial charge >= 0.3 is 0 Å². The molecule has 0 saturated heterocycles. The minimum absolute atomic E-state index is 0.0454. The first kappa shape index (κ1) is 20.3. The van der Waals surface area contributed by atoms with Gasteiger partial charge < -0.3 is 16.6 Å². The molecule has 0 spiro atoms. The maximum atomic E-state index is 11.4. The highest BCUT2D eigenvalue weighted by atomic mass is 32.1. The molecule has 0 bridgehead atoms. The Morgan fingerprint density at radius 3 is 2.89 bits per heavy atom. The smallest absolute Gasteiger partial charge is 0.221 e. The molecule has 1 aliphatic carbocycles.